The Labute approximate surface area is 107 Å². The van der Waals surface area contributed by atoms with E-state index in [-0.39, 0.29) is 12.0 Å². The summed E-state index contributed by atoms with van der Waals surface area (Å²) in [6.07, 6.45) is 0. The second-order valence-corrected chi connectivity index (χ2v) is 4.74. The van der Waals surface area contributed by atoms with Gasteiger partial charge in [-0.05, 0) is 26.0 Å². The van der Waals surface area contributed by atoms with Crippen molar-refractivity contribution in [2.24, 2.45) is 0 Å². The van der Waals surface area contributed by atoms with Crippen LogP contribution in [0.1, 0.15) is 56.0 Å². The molecule has 1 N–H and O–H groups in total. The first-order chi connectivity index (χ1) is 8.56. The van der Waals surface area contributed by atoms with Crippen LogP contribution in [0, 0.1) is 6.92 Å². The molecule has 0 amide bonds. The van der Waals surface area contributed by atoms with Crippen LogP contribution < -0.4 is 5.32 Å². The van der Waals surface area contributed by atoms with E-state index in [0.717, 1.165) is 11.5 Å². The van der Waals surface area contributed by atoms with Crippen LogP contribution in [-0.4, -0.2) is 10.2 Å². The van der Waals surface area contributed by atoms with Crippen molar-refractivity contribution in [3.8, 4) is 0 Å². The van der Waals surface area contributed by atoms with Crippen LogP contribution in [0.4, 0.5) is 0 Å². The minimum absolute atomic E-state index is 0.119. The van der Waals surface area contributed by atoms with Crippen molar-refractivity contribution in [1.82, 2.24) is 15.5 Å². The van der Waals surface area contributed by atoms with Crippen molar-refractivity contribution in [1.29, 1.82) is 0 Å². The SMILES string of the molecule is Cc1ccc([C@@H](C)NCc2nnc(C(C)C)o2)o1. The van der Waals surface area contributed by atoms with Gasteiger partial charge in [-0.2, -0.15) is 0 Å². The van der Waals surface area contributed by atoms with Gasteiger partial charge in [0.15, 0.2) is 0 Å². The molecule has 98 valence electrons. The van der Waals surface area contributed by atoms with Gasteiger partial charge in [-0.15, -0.1) is 10.2 Å². The summed E-state index contributed by atoms with van der Waals surface area (Å²) < 4.78 is 11.1. The number of hydrogen-bond acceptors (Lipinski definition) is 5. The van der Waals surface area contributed by atoms with E-state index in [2.05, 4.69) is 15.5 Å². The predicted molar refractivity (Wildman–Crippen MR) is 67.1 cm³/mol. The zero-order chi connectivity index (χ0) is 13.1. The van der Waals surface area contributed by atoms with Gasteiger partial charge in [0.1, 0.15) is 11.5 Å². The molecule has 0 aliphatic carbocycles. The molecule has 0 saturated carbocycles. The van der Waals surface area contributed by atoms with Crippen molar-refractivity contribution in [2.75, 3.05) is 0 Å². The summed E-state index contributed by atoms with van der Waals surface area (Å²) in [6.45, 7) is 8.57. The van der Waals surface area contributed by atoms with Crippen LogP contribution in [0.2, 0.25) is 0 Å². The smallest absolute Gasteiger partial charge is 0.230 e. The van der Waals surface area contributed by atoms with Gasteiger partial charge in [0.2, 0.25) is 11.8 Å². The number of aryl methyl sites for hydroxylation is 1. The lowest BCUT2D eigenvalue weighted by molar-refractivity contribution is 0.379. The summed E-state index contributed by atoms with van der Waals surface area (Å²) in [4.78, 5) is 0. The van der Waals surface area contributed by atoms with E-state index in [1.54, 1.807) is 0 Å². The molecule has 2 heterocycles. The number of furan rings is 1. The summed E-state index contributed by atoms with van der Waals surface area (Å²) in [5.41, 5.74) is 0. The van der Waals surface area contributed by atoms with Crippen molar-refractivity contribution in [2.45, 2.75) is 46.2 Å². The minimum Gasteiger partial charge on any atom is -0.465 e. The van der Waals surface area contributed by atoms with E-state index in [1.165, 1.54) is 0 Å². The molecule has 2 aromatic rings. The van der Waals surface area contributed by atoms with Crippen molar-refractivity contribution in [3.63, 3.8) is 0 Å². The highest BCUT2D eigenvalue weighted by atomic mass is 16.4. The van der Waals surface area contributed by atoms with Gasteiger partial charge in [-0.3, -0.25) is 5.32 Å². The molecule has 0 aliphatic heterocycles. The van der Waals surface area contributed by atoms with Crippen LogP contribution >= 0.6 is 0 Å². The molecule has 0 saturated heterocycles. The second kappa shape index (κ2) is 5.35. The first-order valence-electron chi connectivity index (χ1n) is 6.18. The molecule has 0 bridgehead atoms. The zero-order valence-electron chi connectivity index (χ0n) is 11.2. The lowest BCUT2D eigenvalue weighted by Gasteiger charge is -2.08. The highest BCUT2D eigenvalue weighted by Gasteiger charge is 2.12. The zero-order valence-corrected chi connectivity index (χ0v) is 11.2. The molecule has 5 nitrogen and oxygen atoms in total. The van der Waals surface area contributed by atoms with Crippen molar-refractivity contribution < 1.29 is 8.83 Å². The van der Waals surface area contributed by atoms with Gasteiger partial charge >= 0.3 is 0 Å². The summed E-state index contributed by atoms with van der Waals surface area (Å²) >= 11 is 0. The van der Waals surface area contributed by atoms with Crippen molar-refractivity contribution in [3.05, 3.63) is 35.4 Å². The Bertz CT molecular complexity index is 502. The van der Waals surface area contributed by atoms with E-state index in [1.807, 2.05) is 39.8 Å². The quantitative estimate of drug-likeness (QED) is 0.882. The van der Waals surface area contributed by atoms with Gasteiger partial charge in [0, 0.05) is 5.92 Å². The Kier molecular flexibility index (Phi) is 3.81. The molecule has 2 rings (SSSR count). The fourth-order valence-corrected chi connectivity index (χ4v) is 1.60. The van der Waals surface area contributed by atoms with Crippen LogP contribution in [-0.2, 0) is 6.54 Å². The fraction of sp³-hybridized carbons (Fsp3) is 0.538. The van der Waals surface area contributed by atoms with Gasteiger partial charge in [-0.25, -0.2) is 0 Å². The number of rotatable bonds is 5. The molecular weight excluding hydrogens is 230 g/mol. The third-order valence-corrected chi connectivity index (χ3v) is 2.72. The number of nitrogens with zero attached hydrogens (tertiary/aromatic N) is 2. The molecule has 1 atom stereocenters. The summed E-state index contributed by atoms with van der Waals surface area (Å²) in [5.74, 6) is 3.37. The van der Waals surface area contributed by atoms with E-state index in [0.29, 0.717) is 18.3 Å². The van der Waals surface area contributed by atoms with E-state index < -0.39 is 0 Å². The average Bonchev–Trinajstić information content (AvgIpc) is 2.94. The van der Waals surface area contributed by atoms with Crippen LogP contribution in [0.3, 0.4) is 0 Å². The maximum Gasteiger partial charge on any atom is 0.230 e. The molecule has 0 fully saturated rings. The lowest BCUT2D eigenvalue weighted by Crippen LogP contribution is -2.17. The van der Waals surface area contributed by atoms with Gasteiger partial charge in [-0.1, -0.05) is 13.8 Å². The molecule has 0 unspecified atom stereocenters. The predicted octanol–water partition coefficient (Wildman–Crippen LogP) is 2.95. The van der Waals surface area contributed by atoms with Crippen LogP contribution in [0.25, 0.3) is 0 Å². The number of nitrogens with one attached hydrogen (secondary N) is 1. The molecule has 0 spiro atoms. The summed E-state index contributed by atoms with van der Waals surface area (Å²) in [5, 5.41) is 11.3. The highest BCUT2D eigenvalue weighted by Crippen LogP contribution is 2.16. The maximum absolute atomic E-state index is 5.55. The van der Waals surface area contributed by atoms with Gasteiger partial charge in [0.25, 0.3) is 0 Å². The summed E-state index contributed by atoms with van der Waals surface area (Å²) in [6, 6.07) is 4.05. The number of aromatic nitrogens is 2. The standard InChI is InChI=1S/C13H19N3O2/c1-8(2)13-16-15-12(18-13)7-14-10(4)11-6-5-9(3)17-11/h5-6,8,10,14H,7H2,1-4H3/t10-/m1/s1. The fourth-order valence-electron chi connectivity index (χ4n) is 1.60. The van der Waals surface area contributed by atoms with E-state index in [4.69, 9.17) is 8.83 Å². The molecule has 5 heteroatoms. The summed E-state index contributed by atoms with van der Waals surface area (Å²) in [7, 11) is 0. The van der Waals surface area contributed by atoms with Gasteiger partial charge in [0.05, 0.1) is 12.6 Å². The Morgan fingerprint density at radius 2 is 1.94 bits per heavy atom. The first-order valence-corrected chi connectivity index (χ1v) is 6.18. The lowest BCUT2D eigenvalue weighted by atomic mass is 10.2. The van der Waals surface area contributed by atoms with Crippen molar-refractivity contribution >= 4 is 0 Å². The molecule has 18 heavy (non-hydrogen) atoms. The minimum atomic E-state index is 0.119. The third-order valence-electron chi connectivity index (χ3n) is 2.72. The third kappa shape index (κ3) is 2.98. The molecule has 2 aromatic heterocycles. The van der Waals surface area contributed by atoms with E-state index in [9.17, 15) is 0 Å². The Hall–Kier alpha value is -1.62. The maximum atomic E-state index is 5.55. The monoisotopic (exact) mass is 249 g/mol. The van der Waals surface area contributed by atoms with Crippen LogP contribution in [0.5, 0.6) is 0 Å². The Morgan fingerprint density at radius 3 is 2.50 bits per heavy atom. The van der Waals surface area contributed by atoms with Gasteiger partial charge < -0.3 is 8.83 Å². The molecular formula is C13H19N3O2. The Morgan fingerprint density at radius 1 is 1.17 bits per heavy atom. The normalized spacial score (nSPS) is 13.2. The molecule has 0 aliphatic rings. The largest absolute Gasteiger partial charge is 0.465 e. The first kappa shape index (κ1) is 12.8. The van der Waals surface area contributed by atoms with E-state index >= 15 is 0 Å². The highest BCUT2D eigenvalue weighted by molar-refractivity contribution is 5.08. The Balaban J connectivity index is 1.90. The average molecular weight is 249 g/mol. The molecule has 0 aromatic carbocycles. The molecule has 0 radical (unpaired) electrons. The number of hydrogen-bond donors (Lipinski definition) is 1. The second-order valence-electron chi connectivity index (χ2n) is 4.74. The topological polar surface area (TPSA) is 64.1 Å². The van der Waals surface area contributed by atoms with Crippen LogP contribution in [0.15, 0.2) is 21.0 Å².